The molecule has 1 aromatic carbocycles. The van der Waals surface area contributed by atoms with Crippen LogP contribution >= 0.6 is 0 Å². The highest BCUT2D eigenvalue weighted by Gasteiger charge is 2.39. The molecule has 1 aromatic rings. The van der Waals surface area contributed by atoms with Gasteiger partial charge in [-0.15, -0.1) is 0 Å². The number of hydrogen-bond donors (Lipinski definition) is 1. The third-order valence-electron chi connectivity index (χ3n) is 3.10. The number of benzene rings is 1. The van der Waals surface area contributed by atoms with Gasteiger partial charge in [-0.1, -0.05) is 13.8 Å². The van der Waals surface area contributed by atoms with E-state index < -0.39 is 34.8 Å². The van der Waals surface area contributed by atoms with E-state index in [1.54, 1.807) is 0 Å². The molecule has 0 radical (unpaired) electrons. The minimum atomic E-state index is -4.94. The highest BCUT2D eigenvalue weighted by Crippen LogP contribution is 2.38. The van der Waals surface area contributed by atoms with Gasteiger partial charge in [0, 0.05) is 7.05 Å². The maximum Gasteiger partial charge on any atom is 0.416 e. The lowest BCUT2D eigenvalue weighted by molar-refractivity contribution is -0.143. The third-order valence-corrected chi connectivity index (χ3v) is 3.10. The molecule has 2 nitrogen and oxygen atoms in total. The number of likely N-dealkylation sites (N-methyl/N-ethyl adjacent to an activating group) is 1. The minimum Gasteiger partial charge on any atom is -0.358 e. The van der Waals surface area contributed by atoms with Gasteiger partial charge in [-0.25, -0.2) is 0 Å². The molecule has 8 heteroatoms. The van der Waals surface area contributed by atoms with Gasteiger partial charge in [-0.3, -0.25) is 4.79 Å². The molecule has 0 aliphatic rings. The first kappa shape index (κ1) is 21.3. The van der Waals surface area contributed by atoms with Crippen molar-refractivity contribution in [3.8, 4) is 0 Å². The molecule has 1 N–H and O–H groups in total. The Hall–Kier alpha value is -1.73. The number of carbonyl (C=O) groups excluding carboxylic acids is 1. The van der Waals surface area contributed by atoms with Crippen molar-refractivity contribution in [3.63, 3.8) is 0 Å². The number of carbonyl (C=O) groups is 1. The summed E-state index contributed by atoms with van der Waals surface area (Å²) in [5, 5.41) is 2.22. The zero-order chi connectivity index (χ0) is 18.6. The van der Waals surface area contributed by atoms with Crippen LogP contribution < -0.4 is 5.32 Å². The normalized spacial score (nSPS) is 12.3. The van der Waals surface area contributed by atoms with E-state index in [4.69, 9.17) is 0 Å². The van der Waals surface area contributed by atoms with Gasteiger partial charge in [0.05, 0.1) is 16.5 Å². The van der Waals surface area contributed by atoms with Crippen LogP contribution in [0.1, 0.15) is 44.4 Å². The Morgan fingerprint density at radius 2 is 1.13 bits per heavy atom. The van der Waals surface area contributed by atoms with Crippen molar-refractivity contribution in [2.45, 2.75) is 45.5 Å². The van der Waals surface area contributed by atoms with E-state index in [2.05, 4.69) is 5.32 Å². The van der Waals surface area contributed by atoms with Crippen LogP contribution in [0.2, 0.25) is 0 Å². The number of nitrogens with one attached hydrogen (secondary N) is 1. The standard InChI is InChI=1S/C13H13F6NO.C2H6/c1-11(2,10(21)20-3)7-4-8(12(14,15)16)6-9(5-7)13(17,18)19;1-2/h4-6H,1-3H3,(H,20,21);1-2H3. The molecular formula is C15H19F6NO. The summed E-state index contributed by atoms with van der Waals surface area (Å²) in [4.78, 5) is 11.7. The van der Waals surface area contributed by atoms with Crippen molar-refractivity contribution >= 4 is 5.91 Å². The highest BCUT2D eigenvalue weighted by molar-refractivity contribution is 5.87. The molecule has 0 atom stereocenters. The van der Waals surface area contributed by atoms with Crippen LogP contribution in [0.4, 0.5) is 26.3 Å². The van der Waals surface area contributed by atoms with E-state index in [-0.39, 0.29) is 11.6 Å². The van der Waals surface area contributed by atoms with Crippen LogP contribution in [-0.4, -0.2) is 13.0 Å². The fourth-order valence-corrected chi connectivity index (χ4v) is 1.76. The topological polar surface area (TPSA) is 29.1 Å². The molecule has 0 unspecified atom stereocenters. The molecule has 0 fully saturated rings. The molecule has 23 heavy (non-hydrogen) atoms. The van der Waals surface area contributed by atoms with E-state index in [0.29, 0.717) is 12.1 Å². The zero-order valence-corrected chi connectivity index (χ0v) is 13.4. The molecule has 1 rings (SSSR count). The first-order valence-electron chi connectivity index (χ1n) is 6.82. The second kappa shape index (κ2) is 7.23. The predicted molar refractivity (Wildman–Crippen MR) is 74.9 cm³/mol. The van der Waals surface area contributed by atoms with Gasteiger partial charge in [0.25, 0.3) is 0 Å². The van der Waals surface area contributed by atoms with E-state index in [1.807, 2.05) is 13.8 Å². The molecule has 132 valence electrons. The van der Waals surface area contributed by atoms with Crippen LogP contribution in [-0.2, 0) is 22.6 Å². The minimum absolute atomic E-state index is 0.0312. The third kappa shape index (κ3) is 5.14. The summed E-state index contributed by atoms with van der Waals surface area (Å²) in [6.07, 6.45) is -9.87. The summed E-state index contributed by atoms with van der Waals surface area (Å²) in [5.41, 5.74) is -4.77. The van der Waals surface area contributed by atoms with Gasteiger partial charge in [0.15, 0.2) is 0 Å². The predicted octanol–water partition coefficient (Wildman–Crippen LogP) is 4.77. The van der Waals surface area contributed by atoms with E-state index in [1.165, 1.54) is 20.9 Å². The summed E-state index contributed by atoms with van der Waals surface area (Å²) in [6, 6.07) is 1.15. The first-order valence-corrected chi connectivity index (χ1v) is 6.82. The van der Waals surface area contributed by atoms with Crippen molar-refractivity contribution in [1.29, 1.82) is 0 Å². The molecule has 0 aliphatic carbocycles. The lowest BCUT2D eigenvalue weighted by Gasteiger charge is -2.25. The number of alkyl halides is 6. The van der Waals surface area contributed by atoms with E-state index in [0.717, 1.165) is 0 Å². The number of amides is 1. The molecule has 0 saturated heterocycles. The number of halogens is 6. The Labute approximate surface area is 130 Å². The first-order chi connectivity index (χ1) is 10.3. The number of hydrogen-bond acceptors (Lipinski definition) is 1. The Balaban J connectivity index is 0.00000232. The van der Waals surface area contributed by atoms with Crippen molar-refractivity contribution in [1.82, 2.24) is 5.32 Å². The molecule has 0 saturated carbocycles. The molecule has 0 aliphatic heterocycles. The van der Waals surface area contributed by atoms with Crippen LogP contribution in [0.3, 0.4) is 0 Å². The monoisotopic (exact) mass is 343 g/mol. The summed E-state index contributed by atoms with van der Waals surface area (Å²) in [7, 11) is 1.25. The lowest BCUT2D eigenvalue weighted by atomic mass is 9.82. The zero-order valence-electron chi connectivity index (χ0n) is 13.4. The SMILES string of the molecule is CC.CNC(=O)C(C)(C)c1cc(C(F)(F)F)cc(C(F)(F)F)c1. The van der Waals surface area contributed by atoms with E-state index >= 15 is 0 Å². The van der Waals surface area contributed by atoms with Crippen molar-refractivity contribution in [2.75, 3.05) is 7.05 Å². The Bertz CT molecular complexity index is 514. The number of rotatable bonds is 2. The van der Waals surface area contributed by atoms with Crippen LogP contribution in [0.15, 0.2) is 18.2 Å². The van der Waals surface area contributed by atoms with Crippen molar-refractivity contribution in [2.24, 2.45) is 0 Å². The summed E-state index contributed by atoms with van der Waals surface area (Å²) in [5.74, 6) is -0.685. The maximum absolute atomic E-state index is 12.7. The van der Waals surface area contributed by atoms with Gasteiger partial charge < -0.3 is 5.32 Å². The fourth-order valence-electron chi connectivity index (χ4n) is 1.76. The van der Waals surface area contributed by atoms with Gasteiger partial charge in [0.1, 0.15) is 0 Å². The second-order valence-corrected chi connectivity index (χ2v) is 5.00. The summed E-state index contributed by atoms with van der Waals surface area (Å²) >= 11 is 0. The Morgan fingerprint density at radius 1 is 0.826 bits per heavy atom. The molecule has 0 aromatic heterocycles. The van der Waals surface area contributed by atoms with Gasteiger partial charge in [0.2, 0.25) is 5.91 Å². The smallest absolute Gasteiger partial charge is 0.358 e. The maximum atomic E-state index is 12.7. The second-order valence-electron chi connectivity index (χ2n) is 5.00. The molecule has 0 bridgehead atoms. The highest BCUT2D eigenvalue weighted by atomic mass is 19.4. The van der Waals surface area contributed by atoms with Crippen LogP contribution in [0.25, 0.3) is 0 Å². The van der Waals surface area contributed by atoms with E-state index in [9.17, 15) is 31.1 Å². The Kier molecular flexibility index (Phi) is 6.68. The molecule has 1 amide bonds. The average Bonchev–Trinajstić information content (AvgIpc) is 2.46. The van der Waals surface area contributed by atoms with Crippen molar-refractivity contribution < 1.29 is 31.1 Å². The summed E-state index contributed by atoms with van der Waals surface area (Å²) < 4.78 is 76.4. The van der Waals surface area contributed by atoms with Crippen LogP contribution in [0, 0.1) is 0 Å². The quantitative estimate of drug-likeness (QED) is 0.770. The Morgan fingerprint density at radius 3 is 1.39 bits per heavy atom. The molecule has 0 spiro atoms. The van der Waals surface area contributed by atoms with Crippen molar-refractivity contribution in [3.05, 3.63) is 34.9 Å². The van der Waals surface area contributed by atoms with Crippen LogP contribution in [0.5, 0.6) is 0 Å². The van der Waals surface area contributed by atoms with Gasteiger partial charge in [-0.2, -0.15) is 26.3 Å². The molecule has 0 heterocycles. The fraction of sp³-hybridized carbons (Fsp3) is 0.533. The summed E-state index contributed by atoms with van der Waals surface area (Å²) in [6.45, 7) is 6.50. The lowest BCUT2D eigenvalue weighted by Crippen LogP contribution is -2.38. The van der Waals surface area contributed by atoms with Gasteiger partial charge >= 0.3 is 12.4 Å². The average molecular weight is 343 g/mol. The van der Waals surface area contributed by atoms with Gasteiger partial charge in [-0.05, 0) is 37.6 Å². The largest absolute Gasteiger partial charge is 0.416 e. The molecular weight excluding hydrogens is 324 g/mol.